The molecule has 0 atom stereocenters. The van der Waals surface area contributed by atoms with E-state index < -0.39 is 10.0 Å². The van der Waals surface area contributed by atoms with Gasteiger partial charge in [0.1, 0.15) is 0 Å². The van der Waals surface area contributed by atoms with Crippen LogP contribution in [0.1, 0.15) is 24.0 Å². The van der Waals surface area contributed by atoms with Gasteiger partial charge in [-0.05, 0) is 48.7 Å². The lowest BCUT2D eigenvalue weighted by atomic mass is 10.2. The van der Waals surface area contributed by atoms with Crippen LogP contribution in [-0.4, -0.2) is 39.1 Å². The lowest BCUT2D eigenvalue weighted by Gasteiger charge is -2.25. The standard InChI is InChI=1S/C20H24Cl2N2O3S/c1-15-18(22)6-4-7-19(15)24(28(3,26)27)13-5-8-20(25)23(2)14-16-9-11-17(21)12-10-16/h4,6-7,9-12H,5,8,13-14H2,1-3H3. The van der Waals surface area contributed by atoms with E-state index in [1.807, 2.05) is 12.1 Å². The minimum absolute atomic E-state index is 0.0498. The SMILES string of the molecule is Cc1c(Cl)cccc1N(CCCC(=O)N(C)Cc1ccc(Cl)cc1)S(C)(=O)=O. The van der Waals surface area contributed by atoms with Crippen LogP contribution in [0.25, 0.3) is 0 Å². The van der Waals surface area contributed by atoms with Gasteiger partial charge >= 0.3 is 0 Å². The van der Waals surface area contributed by atoms with Crippen molar-refractivity contribution in [2.45, 2.75) is 26.3 Å². The molecular formula is C20H24Cl2N2O3S. The molecule has 0 aliphatic heterocycles. The van der Waals surface area contributed by atoms with Crippen LogP contribution in [0.3, 0.4) is 0 Å². The Balaban J connectivity index is 1.99. The van der Waals surface area contributed by atoms with Gasteiger partial charge in [0, 0.05) is 36.6 Å². The second kappa shape index (κ2) is 9.63. The number of benzene rings is 2. The first-order valence-electron chi connectivity index (χ1n) is 8.81. The first-order chi connectivity index (χ1) is 13.1. The quantitative estimate of drug-likeness (QED) is 0.604. The molecule has 28 heavy (non-hydrogen) atoms. The molecule has 0 aliphatic carbocycles. The second-order valence-corrected chi connectivity index (χ2v) is 9.45. The number of hydrogen-bond donors (Lipinski definition) is 0. The number of rotatable bonds is 8. The van der Waals surface area contributed by atoms with Gasteiger partial charge in [0.05, 0.1) is 11.9 Å². The van der Waals surface area contributed by atoms with Crippen LogP contribution in [0, 0.1) is 6.92 Å². The number of nitrogens with zero attached hydrogens (tertiary/aromatic N) is 2. The highest BCUT2D eigenvalue weighted by atomic mass is 35.5. The molecule has 0 bridgehead atoms. The Bertz CT molecular complexity index is 931. The average Bonchev–Trinajstić information content (AvgIpc) is 2.62. The minimum atomic E-state index is -3.49. The Morgan fingerprint density at radius 1 is 1.07 bits per heavy atom. The molecule has 0 N–H and O–H groups in total. The molecule has 0 unspecified atom stereocenters. The third-order valence-electron chi connectivity index (χ3n) is 4.42. The van der Waals surface area contributed by atoms with Crippen LogP contribution < -0.4 is 4.31 Å². The van der Waals surface area contributed by atoms with Crippen molar-refractivity contribution in [2.24, 2.45) is 0 Å². The highest BCUT2D eigenvalue weighted by Gasteiger charge is 2.20. The Morgan fingerprint density at radius 3 is 2.32 bits per heavy atom. The summed E-state index contributed by atoms with van der Waals surface area (Å²) in [5.74, 6) is -0.0498. The number of anilines is 1. The highest BCUT2D eigenvalue weighted by molar-refractivity contribution is 7.92. The summed E-state index contributed by atoms with van der Waals surface area (Å²) in [5.41, 5.74) is 2.21. The molecule has 0 saturated heterocycles. The van der Waals surface area contributed by atoms with Crippen molar-refractivity contribution in [3.05, 3.63) is 63.6 Å². The van der Waals surface area contributed by atoms with Gasteiger partial charge in [-0.1, -0.05) is 41.4 Å². The smallest absolute Gasteiger partial charge is 0.232 e. The summed E-state index contributed by atoms with van der Waals surface area (Å²) in [6.45, 7) is 2.46. The third-order valence-corrected chi connectivity index (χ3v) is 6.26. The van der Waals surface area contributed by atoms with Crippen LogP contribution in [0.15, 0.2) is 42.5 Å². The van der Waals surface area contributed by atoms with Crippen LogP contribution >= 0.6 is 23.2 Å². The molecule has 2 rings (SSSR count). The molecule has 1 amide bonds. The molecule has 2 aromatic rings. The summed E-state index contributed by atoms with van der Waals surface area (Å²) in [4.78, 5) is 14.0. The predicted octanol–water partition coefficient (Wildman–Crippen LogP) is 4.51. The maximum Gasteiger partial charge on any atom is 0.232 e. The summed E-state index contributed by atoms with van der Waals surface area (Å²) in [5, 5.41) is 1.15. The zero-order valence-corrected chi connectivity index (χ0v) is 18.5. The number of carbonyl (C=O) groups is 1. The molecule has 8 heteroatoms. The van der Waals surface area contributed by atoms with E-state index in [1.165, 1.54) is 4.31 Å². The van der Waals surface area contributed by atoms with Crippen molar-refractivity contribution < 1.29 is 13.2 Å². The number of carbonyl (C=O) groups excluding carboxylic acids is 1. The van der Waals surface area contributed by atoms with Crippen molar-refractivity contribution in [2.75, 3.05) is 24.2 Å². The van der Waals surface area contributed by atoms with Crippen LogP contribution in [-0.2, 0) is 21.4 Å². The first kappa shape index (κ1) is 22.5. The zero-order chi connectivity index (χ0) is 20.9. The number of sulfonamides is 1. The summed E-state index contributed by atoms with van der Waals surface area (Å²) in [6, 6.07) is 12.5. The predicted molar refractivity (Wildman–Crippen MR) is 116 cm³/mol. The van der Waals surface area contributed by atoms with Crippen molar-refractivity contribution in [3.8, 4) is 0 Å². The molecule has 5 nitrogen and oxygen atoms in total. The summed E-state index contributed by atoms with van der Waals surface area (Å²) in [6.07, 6.45) is 1.81. The van der Waals surface area contributed by atoms with E-state index in [1.54, 1.807) is 49.2 Å². The molecule has 0 radical (unpaired) electrons. The Hall–Kier alpha value is -1.76. The molecule has 0 fully saturated rings. The minimum Gasteiger partial charge on any atom is -0.341 e. The first-order valence-corrected chi connectivity index (χ1v) is 11.4. The van der Waals surface area contributed by atoms with Gasteiger partial charge in [-0.25, -0.2) is 8.42 Å². The average molecular weight is 443 g/mol. The molecule has 0 aliphatic rings. The van der Waals surface area contributed by atoms with Gasteiger partial charge in [-0.3, -0.25) is 9.10 Å². The monoisotopic (exact) mass is 442 g/mol. The molecule has 0 saturated carbocycles. The van der Waals surface area contributed by atoms with E-state index >= 15 is 0 Å². The van der Waals surface area contributed by atoms with Crippen LogP contribution in [0.4, 0.5) is 5.69 Å². The summed E-state index contributed by atoms with van der Waals surface area (Å²) < 4.78 is 25.8. The molecular weight excluding hydrogens is 419 g/mol. The van der Waals surface area contributed by atoms with Crippen LogP contribution in [0.5, 0.6) is 0 Å². The lowest BCUT2D eigenvalue weighted by Crippen LogP contribution is -2.33. The van der Waals surface area contributed by atoms with E-state index in [9.17, 15) is 13.2 Å². The topological polar surface area (TPSA) is 57.7 Å². The normalized spacial score (nSPS) is 11.3. The highest BCUT2D eigenvalue weighted by Crippen LogP contribution is 2.28. The maximum absolute atomic E-state index is 12.4. The van der Waals surface area contributed by atoms with Gasteiger partial charge in [-0.15, -0.1) is 0 Å². The largest absolute Gasteiger partial charge is 0.341 e. The number of hydrogen-bond acceptors (Lipinski definition) is 3. The van der Waals surface area contributed by atoms with Gasteiger partial charge < -0.3 is 4.90 Å². The zero-order valence-electron chi connectivity index (χ0n) is 16.2. The molecule has 2 aromatic carbocycles. The van der Waals surface area contributed by atoms with E-state index in [0.717, 1.165) is 11.8 Å². The van der Waals surface area contributed by atoms with E-state index in [2.05, 4.69) is 0 Å². The van der Waals surface area contributed by atoms with E-state index in [0.29, 0.717) is 34.3 Å². The number of halogens is 2. The fourth-order valence-electron chi connectivity index (χ4n) is 2.85. The Morgan fingerprint density at radius 2 is 1.71 bits per heavy atom. The third kappa shape index (κ3) is 6.12. The van der Waals surface area contributed by atoms with Crippen molar-refractivity contribution in [3.63, 3.8) is 0 Å². The molecule has 152 valence electrons. The van der Waals surface area contributed by atoms with Crippen molar-refractivity contribution in [1.82, 2.24) is 4.90 Å². The van der Waals surface area contributed by atoms with Gasteiger partial charge in [0.25, 0.3) is 0 Å². The Kier molecular flexibility index (Phi) is 7.75. The molecule has 0 heterocycles. The van der Waals surface area contributed by atoms with Gasteiger partial charge in [-0.2, -0.15) is 0 Å². The maximum atomic E-state index is 12.4. The molecule has 0 spiro atoms. The van der Waals surface area contributed by atoms with Gasteiger partial charge in [0.15, 0.2) is 0 Å². The van der Waals surface area contributed by atoms with Gasteiger partial charge in [0.2, 0.25) is 15.9 Å². The van der Waals surface area contributed by atoms with E-state index in [-0.39, 0.29) is 18.9 Å². The fraction of sp³-hybridized carbons (Fsp3) is 0.350. The lowest BCUT2D eigenvalue weighted by molar-refractivity contribution is -0.130. The Labute approximate surface area is 176 Å². The second-order valence-electron chi connectivity index (χ2n) is 6.70. The van der Waals surface area contributed by atoms with Crippen LogP contribution in [0.2, 0.25) is 10.0 Å². The van der Waals surface area contributed by atoms with Crippen molar-refractivity contribution in [1.29, 1.82) is 0 Å². The fourth-order valence-corrected chi connectivity index (χ4v) is 4.16. The summed E-state index contributed by atoms with van der Waals surface area (Å²) >= 11 is 12.0. The van der Waals surface area contributed by atoms with E-state index in [4.69, 9.17) is 23.2 Å². The number of amides is 1. The molecule has 0 aromatic heterocycles. The van der Waals surface area contributed by atoms with Crippen molar-refractivity contribution >= 4 is 44.8 Å². The summed E-state index contributed by atoms with van der Waals surface area (Å²) in [7, 11) is -1.76.